The molecule has 0 aromatic heterocycles. The van der Waals surface area contributed by atoms with Crippen LogP contribution in [0.25, 0.3) is 0 Å². The Bertz CT molecular complexity index is 287. The summed E-state index contributed by atoms with van der Waals surface area (Å²) in [4.78, 5) is 4.54. The number of methoxy groups -OCH3 is 1. The van der Waals surface area contributed by atoms with Crippen molar-refractivity contribution >= 4 is 29.9 Å². The summed E-state index contributed by atoms with van der Waals surface area (Å²) in [6.45, 7) is 9.71. The van der Waals surface area contributed by atoms with Crippen molar-refractivity contribution < 1.29 is 14.2 Å². The Kier molecular flexibility index (Phi) is 14.4. The Labute approximate surface area is 151 Å². The SMILES string of the molecule is CCNC(=NCCCOCC1CCOC1)NC(C)COC.I. The highest BCUT2D eigenvalue weighted by atomic mass is 127. The molecule has 7 heteroatoms. The summed E-state index contributed by atoms with van der Waals surface area (Å²) in [6, 6.07) is 0.242. The second-order valence-corrected chi connectivity index (χ2v) is 5.42. The average Bonchev–Trinajstić information content (AvgIpc) is 2.96. The summed E-state index contributed by atoms with van der Waals surface area (Å²) < 4.78 is 16.1. The van der Waals surface area contributed by atoms with Gasteiger partial charge in [-0.3, -0.25) is 4.99 Å². The third kappa shape index (κ3) is 10.6. The van der Waals surface area contributed by atoms with E-state index in [9.17, 15) is 0 Å². The van der Waals surface area contributed by atoms with E-state index in [0.29, 0.717) is 12.5 Å². The summed E-state index contributed by atoms with van der Waals surface area (Å²) in [7, 11) is 1.70. The van der Waals surface area contributed by atoms with Crippen molar-refractivity contribution in [3.05, 3.63) is 0 Å². The van der Waals surface area contributed by atoms with Crippen LogP contribution in [0.4, 0.5) is 0 Å². The molecular formula is C15H32IN3O3. The quantitative estimate of drug-likeness (QED) is 0.239. The molecule has 0 aliphatic carbocycles. The molecule has 0 aromatic rings. The van der Waals surface area contributed by atoms with Crippen LogP contribution in [0.2, 0.25) is 0 Å². The first-order chi connectivity index (χ1) is 10.3. The molecule has 0 spiro atoms. The van der Waals surface area contributed by atoms with Crippen LogP contribution in [0.15, 0.2) is 4.99 Å². The number of aliphatic imine (C=N–C) groups is 1. The van der Waals surface area contributed by atoms with Gasteiger partial charge in [0, 0.05) is 45.4 Å². The van der Waals surface area contributed by atoms with Gasteiger partial charge in [0.05, 0.1) is 19.8 Å². The van der Waals surface area contributed by atoms with Gasteiger partial charge in [0.1, 0.15) is 0 Å². The van der Waals surface area contributed by atoms with E-state index < -0.39 is 0 Å². The van der Waals surface area contributed by atoms with Crippen LogP contribution >= 0.6 is 24.0 Å². The van der Waals surface area contributed by atoms with E-state index in [1.54, 1.807) is 7.11 Å². The van der Waals surface area contributed by atoms with E-state index >= 15 is 0 Å². The zero-order valence-corrected chi connectivity index (χ0v) is 16.4. The molecule has 0 radical (unpaired) electrons. The second-order valence-electron chi connectivity index (χ2n) is 5.42. The van der Waals surface area contributed by atoms with Gasteiger partial charge in [0.15, 0.2) is 5.96 Å². The van der Waals surface area contributed by atoms with Crippen LogP contribution in [0.5, 0.6) is 0 Å². The molecule has 1 fully saturated rings. The Morgan fingerprint density at radius 3 is 2.91 bits per heavy atom. The molecule has 132 valence electrons. The van der Waals surface area contributed by atoms with Gasteiger partial charge in [-0.1, -0.05) is 0 Å². The fraction of sp³-hybridized carbons (Fsp3) is 0.933. The molecule has 2 N–H and O–H groups in total. The second kappa shape index (κ2) is 14.5. The van der Waals surface area contributed by atoms with E-state index in [-0.39, 0.29) is 30.0 Å². The zero-order chi connectivity index (χ0) is 15.3. The van der Waals surface area contributed by atoms with Crippen molar-refractivity contribution in [3.8, 4) is 0 Å². The van der Waals surface area contributed by atoms with Gasteiger partial charge in [-0.05, 0) is 26.7 Å². The normalized spacial score (nSPS) is 19.6. The predicted molar refractivity (Wildman–Crippen MR) is 100 cm³/mol. The van der Waals surface area contributed by atoms with Crippen molar-refractivity contribution in [1.29, 1.82) is 0 Å². The van der Waals surface area contributed by atoms with Crippen LogP contribution in [0.1, 0.15) is 26.7 Å². The number of nitrogens with one attached hydrogen (secondary N) is 2. The fourth-order valence-corrected chi connectivity index (χ4v) is 2.17. The highest BCUT2D eigenvalue weighted by Crippen LogP contribution is 2.12. The van der Waals surface area contributed by atoms with Gasteiger partial charge in [0.25, 0.3) is 0 Å². The first-order valence-electron chi connectivity index (χ1n) is 7.95. The first kappa shape index (κ1) is 21.9. The van der Waals surface area contributed by atoms with Gasteiger partial charge < -0.3 is 24.8 Å². The van der Waals surface area contributed by atoms with Crippen molar-refractivity contribution in [2.75, 3.05) is 53.2 Å². The Balaban J connectivity index is 0.00000441. The van der Waals surface area contributed by atoms with Crippen LogP contribution in [0, 0.1) is 5.92 Å². The smallest absolute Gasteiger partial charge is 0.191 e. The number of halogens is 1. The number of hydrogen-bond acceptors (Lipinski definition) is 4. The van der Waals surface area contributed by atoms with Crippen molar-refractivity contribution in [1.82, 2.24) is 10.6 Å². The molecule has 1 aliphatic rings. The summed E-state index contributed by atoms with van der Waals surface area (Å²) in [5.41, 5.74) is 0. The van der Waals surface area contributed by atoms with Crippen LogP contribution < -0.4 is 10.6 Å². The fourth-order valence-electron chi connectivity index (χ4n) is 2.17. The summed E-state index contributed by atoms with van der Waals surface area (Å²) in [6.07, 6.45) is 2.06. The maximum absolute atomic E-state index is 5.67. The van der Waals surface area contributed by atoms with Gasteiger partial charge in [-0.2, -0.15) is 0 Å². The average molecular weight is 429 g/mol. The lowest BCUT2D eigenvalue weighted by atomic mass is 10.1. The molecule has 1 saturated heterocycles. The minimum absolute atomic E-state index is 0. The maximum atomic E-state index is 5.67. The van der Waals surface area contributed by atoms with Crippen molar-refractivity contribution in [2.45, 2.75) is 32.7 Å². The lowest BCUT2D eigenvalue weighted by molar-refractivity contribution is 0.0893. The summed E-state index contributed by atoms with van der Waals surface area (Å²) in [5.74, 6) is 1.42. The largest absolute Gasteiger partial charge is 0.383 e. The van der Waals surface area contributed by atoms with Gasteiger partial charge >= 0.3 is 0 Å². The molecule has 0 aromatic carbocycles. The lowest BCUT2D eigenvalue weighted by Crippen LogP contribution is -2.44. The van der Waals surface area contributed by atoms with Gasteiger partial charge in [-0.15, -0.1) is 24.0 Å². The first-order valence-corrected chi connectivity index (χ1v) is 7.95. The molecule has 2 atom stereocenters. The summed E-state index contributed by atoms with van der Waals surface area (Å²) in [5, 5.41) is 6.54. The number of nitrogens with zero attached hydrogens (tertiary/aromatic N) is 1. The van der Waals surface area contributed by atoms with Crippen LogP contribution in [-0.2, 0) is 14.2 Å². The maximum Gasteiger partial charge on any atom is 0.191 e. The highest BCUT2D eigenvalue weighted by Gasteiger charge is 2.15. The van der Waals surface area contributed by atoms with E-state index in [4.69, 9.17) is 14.2 Å². The minimum atomic E-state index is 0. The number of guanidine groups is 1. The topological polar surface area (TPSA) is 64.1 Å². The third-order valence-electron chi connectivity index (χ3n) is 3.24. The Morgan fingerprint density at radius 2 is 2.27 bits per heavy atom. The van der Waals surface area contributed by atoms with E-state index in [0.717, 1.165) is 58.3 Å². The Hall–Kier alpha value is -0.120. The van der Waals surface area contributed by atoms with E-state index in [1.165, 1.54) is 0 Å². The molecule has 6 nitrogen and oxygen atoms in total. The molecule has 1 heterocycles. The molecule has 0 amide bonds. The predicted octanol–water partition coefficient (Wildman–Crippen LogP) is 1.64. The zero-order valence-electron chi connectivity index (χ0n) is 14.1. The van der Waals surface area contributed by atoms with Gasteiger partial charge in [-0.25, -0.2) is 0 Å². The molecule has 1 aliphatic heterocycles. The molecule has 1 rings (SSSR count). The molecule has 0 saturated carbocycles. The van der Waals surface area contributed by atoms with Crippen molar-refractivity contribution in [3.63, 3.8) is 0 Å². The molecule has 2 unspecified atom stereocenters. The van der Waals surface area contributed by atoms with E-state index in [1.807, 2.05) is 0 Å². The minimum Gasteiger partial charge on any atom is -0.383 e. The van der Waals surface area contributed by atoms with E-state index in [2.05, 4.69) is 29.5 Å². The summed E-state index contributed by atoms with van der Waals surface area (Å²) >= 11 is 0. The number of rotatable bonds is 10. The van der Waals surface area contributed by atoms with Crippen molar-refractivity contribution in [2.24, 2.45) is 10.9 Å². The Morgan fingerprint density at radius 1 is 1.45 bits per heavy atom. The standard InChI is InChI=1S/C15H31N3O3.HI/c1-4-16-15(18-13(2)10-19-3)17-7-5-8-20-11-14-6-9-21-12-14;/h13-14H,4-12H2,1-3H3,(H2,16,17,18);1H. The monoisotopic (exact) mass is 429 g/mol. The highest BCUT2D eigenvalue weighted by molar-refractivity contribution is 14.0. The van der Waals surface area contributed by atoms with Crippen LogP contribution in [-0.4, -0.2) is 65.2 Å². The number of hydrogen-bond donors (Lipinski definition) is 2. The number of ether oxygens (including phenoxy) is 3. The third-order valence-corrected chi connectivity index (χ3v) is 3.24. The lowest BCUT2D eigenvalue weighted by Gasteiger charge is -2.17. The molecule has 0 bridgehead atoms. The van der Waals surface area contributed by atoms with Gasteiger partial charge in [0.2, 0.25) is 0 Å². The van der Waals surface area contributed by atoms with Crippen LogP contribution in [0.3, 0.4) is 0 Å². The molecular weight excluding hydrogens is 397 g/mol. The molecule has 22 heavy (non-hydrogen) atoms.